The van der Waals surface area contributed by atoms with Gasteiger partial charge in [0.05, 0.1) is 17.9 Å². The molecular formula is C12H13N3O4. The molecule has 19 heavy (non-hydrogen) atoms. The second-order valence-corrected chi connectivity index (χ2v) is 3.64. The van der Waals surface area contributed by atoms with E-state index >= 15 is 0 Å². The number of hydrogen-bond acceptors (Lipinski definition) is 5. The van der Waals surface area contributed by atoms with Gasteiger partial charge < -0.3 is 15.2 Å². The third kappa shape index (κ3) is 4.73. The summed E-state index contributed by atoms with van der Waals surface area (Å²) in [6.45, 7) is 1.54. The molecule has 1 rings (SSSR count). The van der Waals surface area contributed by atoms with Crippen molar-refractivity contribution in [3.63, 3.8) is 0 Å². The number of nitrogens with zero attached hydrogens (tertiary/aromatic N) is 2. The highest BCUT2D eigenvalue weighted by atomic mass is 16.5. The van der Waals surface area contributed by atoms with Crippen molar-refractivity contribution in [3.8, 4) is 6.07 Å². The van der Waals surface area contributed by atoms with Crippen LogP contribution in [-0.4, -0.2) is 41.7 Å². The number of carbonyl (C=O) groups is 2. The van der Waals surface area contributed by atoms with E-state index in [0.717, 1.165) is 0 Å². The first-order valence-electron chi connectivity index (χ1n) is 5.50. The number of hydrogen-bond donors (Lipinski definition) is 2. The van der Waals surface area contributed by atoms with Gasteiger partial charge in [0.1, 0.15) is 18.4 Å². The lowest BCUT2D eigenvalue weighted by molar-refractivity contribution is -0.142. The molecule has 0 aliphatic rings. The summed E-state index contributed by atoms with van der Waals surface area (Å²) < 4.78 is 4.76. The van der Waals surface area contributed by atoms with Crippen LogP contribution in [0.3, 0.4) is 0 Å². The number of carboxylic acids is 1. The highest BCUT2D eigenvalue weighted by Crippen LogP contribution is 2.05. The molecule has 1 aromatic rings. The van der Waals surface area contributed by atoms with Gasteiger partial charge in [0.2, 0.25) is 0 Å². The summed E-state index contributed by atoms with van der Waals surface area (Å²) in [4.78, 5) is 25.8. The van der Waals surface area contributed by atoms with Crippen LogP contribution in [0.1, 0.15) is 21.7 Å². The van der Waals surface area contributed by atoms with Crippen LogP contribution < -0.4 is 5.32 Å². The van der Waals surface area contributed by atoms with E-state index < -0.39 is 18.5 Å². The van der Waals surface area contributed by atoms with Gasteiger partial charge in [0.15, 0.2) is 0 Å². The first kappa shape index (κ1) is 14.6. The number of amides is 1. The standard InChI is InChI=1S/C12H13N3O4/c1-8-9(6-13)2-3-10(15-8)12(18)14-4-5-19-7-11(16)17/h2-3H,4-5,7H2,1H3,(H,14,18)(H,16,17). The lowest BCUT2D eigenvalue weighted by atomic mass is 10.2. The van der Waals surface area contributed by atoms with Gasteiger partial charge in [-0.25, -0.2) is 9.78 Å². The van der Waals surface area contributed by atoms with Crippen LogP contribution in [0, 0.1) is 18.3 Å². The van der Waals surface area contributed by atoms with Crippen molar-refractivity contribution >= 4 is 11.9 Å². The van der Waals surface area contributed by atoms with Gasteiger partial charge in [0.25, 0.3) is 5.91 Å². The Morgan fingerprint density at radius 2 is 2.26 bits per heavy atom. The fraction of sp³-hybridized carbons (Fsp3) is 0.333. The molecular weight excluding hydrogens is 250 g/mol. The Morgan fingerprint density at radius 3 is 2.84 bits per heavy atom. The van der Waals surface area contributed by atoms with Crippen molar-refractivity contribution in [2.24, 2.45) is 0 Å². The van der Waals surface area contributed by atoms with Crippen LogP contribution in [0.15, 0.2) is 12.1 Å². The van der Waals surface area contributed by atoms with Crippen molar-refractivity contribution in [2.45, 2.75) is 6.92 Å². The molecule has 0 spiro atoms. The zero-order chi connectivity index (χ0) is 14.3. The van der Waals surface area contributed by atoms with Crippen molar-refractivity contribution in [1.82, 2.24) is 10.3 Å². The minimum atomic E-state index is -1.06. The van der Waals surface area contributed by atoms with Crippen molar-refractivity contribution in [3.05, 3.63) is 29.1 Å². The molecule has 7 nitrogen and oxygen atoms in total. The molecule has 0 radical (unpaired) electrons. The molecule has 1 aromatic heterocycles. The van der Waals surface area contributed by atoms with Gasteiger partial charge in [0, 0.05) is 6.54 Å². The van der Waals surface area contributed by atoms with Gasteiger partial charge >= 0.3 is 5.97 Å². The Kier molecular flexibility index (Phi) is 5.44. The van der Waals surface area contributed by atoms with E-state index in [-0.39, 0.29) is 18.8 Å². The van der Waals surface area contributed by atoms with Gasteiger partial charge in [-0.2, -0.15) is 5.26 Å². The number of rotatable bonds is 6. The minimum Gasteiger partial charge on any atom is -0.480 e. The zero-order valence-electron chi connectivity index (χ0n) is 10.3. The predicted molar refractivity (Wildman–Crippen MR) is 64.5 cm³/mol. The number of ether oxygens (including phenoxy) is 1. The maximum atomic E-state index is 11.7. The maximum Gasteiger partial charge on any atom is 0.329 e. The van der Waals surface area contributed by atoms with Gasteiger partial charge in [-0.3, -0.25) is 4.79 Å². The van der Waals surface area contributed by atoms with Crippen LogP contribution in [-0.2, 0) is 9.53 Å². The van der Waals surface area contributed by atoms with Crippen LogP contribution in [0.5, 0.6) is 0 Å². The molecule has 0 fully saturated rings. The average Bonchev–Trinajstić information content (AvgIpc) is 2.37. The smallest absolute Gasteiger partial charge is 0.329 e. The van der Waals surface area contributed by atoms with E-state index in [1.807, 2.05) is 6.07 Å². The minimum absolute atomic E-state index is 0.104. The summed E-state index contributed by atoms with van der Waals surface area (Å²) in [6.07, 6.45) is 0. The SMILES string of the molecule is Cc1nc(C(=O)NCCOCC(=O)O)ccc1C#N. The average molecular weight is 263 g/mol. The number of aryl methyl sites for hydroxylation is 1. The van der Waals surface area contributed by atoms with Crippen LogP contribution >= 0.6 is 0 Å². The molecule has 7 heteroatoms. The molecule has 2 N–H and O–H groups in total. The summed E-state index contributed by atoms with van der Waals surface area (Å²) >= 11 is 0. The second-order valence-electron chi connectivity index (χ2n) is 3.64. The molecule has 1 heterocycles. The quantitative estimate of drug-likeness (QED) is 0.703. The molecule has 0 aliphatic heterocycles. The lowest BCUT2D eigenvalue weighted by Crippen LogP contribution is -2.28. The first-order valence-corrected chi connectivity index (χ1v) is 5.50. The number of carbonyl (C=O) groups excluding carboxylic acids is 1. The molecule has 0 bridgehead atoms. The third-order valence-corrected chi connectivity index (χ3v) is 2.20. The largest absolute Gasteiger partial charge is 0.480 e. The Bertz CT molecular complexity index is 522. The Morgan fingerprint density at radius 1 is 1.53 bits per heavy atom. The monoisotopic (exact) mass is 263 g/mol. The normalized spacial score (nSPS) is 9.68. The number of nitrogens with one attached hydrogen (secondary N) is 1. The number of pyridine rings is 1. The van der Waals surface area contributed by atoms with E-state index in [0.29, 0.717) is 11.3 Å². The zero-order valence-corrected chi connectivity index (χ0v) is 10.3. The highest BCUT2D eigenvalue weighted by Gasteiger charge is 2.08. The third-order valence-electron chi connectivity index (χ3n) is 2.20. The van der Waals surface area contributed by atoms with Crippen LogP contribution in [0.25, 0.3) is 0 Å². The van der Waals surface area contributed by atoms with Crippen LogP contribution in [0.2, 0.25) is 0 Å². The Hall–Kier alpha value is -2.46. The van der Waals surface area contributed by atoms with Gasteiger partial charge in [-0.05, 0) is 19.1 Å². The van der Waals surface area contributed by atoms with Crippen molar-refractivity contribution in [2.75, 3.05) is 19.8 Å². The number of nitriles is 1. The second kappa shape index (κ2) is 7.08. The Balaban J connectivity index is 2.44. The molecule has 0 aliphatic carbocycles. The predicted octanol–water partition coefficient (Wildman–Crippen LogP) is 0.0927. The summed E-state index contributed by atoms with van der Waals surface area (Å²) in [5.41, 5.74) is 1.10. The highest BCUT2D eigenvalue weighted by molar-refractivity contribution is 5.92. The van der Waals surface area contributed by atoms with E-state index in [1.165, 1.54) is 12.1 Å². The summed E-state index contributed by atoms with van der Waals surface area (Å²) in [5, 5.41) is 19.6. The molecule has 1 amide bonds. The summed E-state index contributed by atoms with van der Waals surface area (Å²) in [6, 6.07) is 4.95. The number of carboxylic acid groups (broad SMARTS) is 1. The van der Waals surface area contributed by atoms with Crippen LogP contribution in [0.4, 0.5) is 0 Å². The fourth-order valence-electron chi connectivity index (χ4n) is 1.29. The van der Waals surface area contributed by atoms with E-state index in [9.17, 15) is 9.59 Å². The van der Waals surface area contributed by atoms with Crippen molar-refractivity contribution < 1.29 is 19.4 Å². The summed E-state index contributed by atoms with van der Waals surface area (Å²) in [7, 11) is 0. The maximum absolute atomic E-state index is 11.7. The van der Waals surface area contributed by atoms with Crippen molar-refractivity contribution in [1.29, 1.82) is 5.26 Å². The Labute approximate surface area is 109 Å². The molecule has 100 valence electrons. The topological polar surface area (TPSA) is 112 Å². The van der Waals surface area contributed by atoms with E-state index in [1.54, 1.807) is 6.92 Å². The molecule has 0 saturated heterocycles. The molecule has 0 saturated carbocycles. The first-order chi connectivity index (χ1) is 9.04. The number of aromatic nitrogens is 1. The molecule has 0 unspecified atom stereocenters. The fourth-order valence-corrected chi connectivity index (χ4v) is 1.29. The molecule has 0 aromatic carbocycles. The van der Waals surface area contributed by atoms with Gasteiger partial charge in [-0.1, -0.05) is 0 Å². The summed E-state index contributed by atoms with van der Waals surface area (Å²) in [5.74, 6) is -1.46. The number of aliphatic carboxylic acids is 1. The van der Waals surface area contributed by atoms with E-state index in [4.69, 9.17) is 15.1 Å². The van der Waals surface area contributed by atoms with E-state index in [2.05, 4.69) is 10.3 Å². The van der Waals surface area contributed by atoms with Gasteiger partial charge in [-0.15, -0.1) is 0 Å². The lowest BCUT2D eigenvalue weighted by Gasteiger charge is -2.05. The molecule has 0 atom stereocenters.